The van der Waals surface area contributed by atoms with Crippen molar-refractivity contribution >= 4 is 23.4 Å². The number of aryl methyl sites for hydroxylation is 1. The zero-order valence-electron chi connectivity index (χ0n) is 19.5. The SMILES string of the molecule is COc1ccc(CCC(=O)N(Cc2ccc(Cl)cc2)C(C)C(=O)NCC(C)C)cc1OC. The van der Waals surface area contributed by atoms with Gasteiger partial charge in [0.15, 0.2) is 11.5 Å². The van der Waals surface area contributed by atoms with Crippen LogP contribution >= 0.6 is 11.6 Å². The Balaban J connectivity index is 2.15. The Morgan fingerprint density at radius 2 is 1.59 bits per heavy atom. The first-order valence-electron chi connectivity index (χ1n) is 10.8. The van der Waals surface area contributed by atoms with Gasteiger partial charge in [-0.1, -0.05) is 43.6 Å². The Morgan fingerprint density at radius 1 is 0.969 bits per heavy atom. The molecule has 0 aromatic heterocycles. The minimum Gasteiger partial charge on any atom is -0.493 e. The third-order valence-electron chi connectivity index (χ3n) is 5.19. The van der Waals surface area contributed by atoms with Gasteiger partial charge in [-0.2, -0.15) is 0 Å². The second kappa shape index (κ2) is 12.3. The van der Waals surface area contributed by atoms with Gasteiger partial charge in [-0.25, -0.2) is 0 Å². The summed E-state index contributed by atoms with van der Waals surface area (Å²) in [5.41, 5.74) is 1.87. The normalized spacial score (nSPS) is 11.7. The molecular formula is C25H33ClN2O4. The molecule has 32 heavy (non-hydrogen) atoms. The summed E-state index contributed by atoms with van der Waals surface area (Å²) in [5, 5.41) is 3.56. The molecule has 6 nitrogen and oxygen atoms in total. The highest BCUT2D eigenvalue weighted by Crippen LogP contribution is 2.28. The van der Waals surface area contributed by atoms with Crippen molar-refractivity contribution in [2.24, 2.45) is 5.92 Å². The quantitative estimate of drug-likeness (QED) is 0.536. The summed E-state index contributed by atoms with van der Waals surface area (Å²) in [5.74, 6) is 1.34. The van der Waals surface area contributed by atoms with Gasteiger partial charge in [-0.15, -0.1) is 0 Å². The molecule has 0 heterocycles. The van der Waals surface area contributed by atoms with Crippen LogP contribution in [0.15, 0.2) is 42.5 Å². The molecule has 0 bridgehead atoms. The molecule has 2 aromatic rings. The molecule has 0 aliphatic rings. The highest BCUT2D eigenvalue weighted by molar-refractivity contribution is 6.30. The van der Waals surface area contributed by atoms with Crippen LogP contribution in [0.4, 0.5) is 0 Å². The fourth-order valence-electron chi connectivity index (χ4n) is 3.25. The van der Waals surface area contributed by atoms with Gasteiger partial charge in [0, 0.05) is 24.5 Å². The van der Waals surface area contributed by atoms with Crippen molar-refractivity contribution in [2.45, 2.75) is 46.2 Å². The average Bonchev–Trinajstić information content (AvgIpc) is 2.79. The number of amides is 2. The minimum atomic E-state index is -0.595. The molecule has 1 unspecified atom stereocenters. The average molecular weight is 461 g/mol. The van der Waals surface area contributed by atoms with Gasteiger partial charge in [0.05, 0.1) is 14.2 Å². The molecular weight excluding hydrogens is 428 g/mol. The number of halogens is 1. The fourth-order valence-corrected chi connectivity index (χ4v) is 3.38. The molecule has 0 saturated heterocycles. The van der Waals surface area contributed by atoms with Crippen molar-refractivity contribution in [3.05, 3.63) is 58.6 Å². The topological polar surface area (TPSA) is 67.9 Å². The lowest BCUT2D eigenvalue weighted by molar-refractivity contribution is -0.140. The number of benzene rings is 2. The second-order valence-corrected chi connectivity index (χ2v) is 8.59. The summed E-state index contributed by atoms with van der Waals surface area (Å²) in [6, 6.07) is 12.3. The van der Waals surface area contributed by atoms with E-state index in [2.05, 4.69) is 5.32 Å². The van der Waals surface area contributed by atoms with E-state index in [4.69, 9.17) is 21.1 Å². The smallest absolute Gasteiger partial charge is 0.242 e. The van der Waals surface area contributed by atoms with Crippen molar-refractivity contribution in [1.82, 2.24) is 10.2 Å². The first-order valence-corrected chi connectivity index (χ1v) is 11.2. The summed E-state index contributed by atoms with van der Waals surface area (Å²) >= 11 is 5.99. The maximum Gasteiger partial charge on any atom is 0.242 e. The Bertz CT molecular complexity index is 899. The van der Waals surface area contributed by atoms with Gasteiger partial charge < -0.3 is 19.7 Å². The molecule has 1 atom stereocenters. The van der Waals surface area contributed by atoms with Crippen LogP contribution in [-0.2, 0) is 22.6 Å². The van der Waals surface area contributed by atoms with Crippen LogP contribution in [0.2, 0.25) is 5.02 Å². The van der Waals surface area contributed by atoms with Gasteiger partial charge in [0.25, 0.3) is 0 Å². The van der Waals surface area contributed by atoms with E-state index in [9.17, 15) is 9.59 Å². The lowest BCUT2D eigenvalue weighted by Crippen LogP contribution is -2.48. The van der Waals surface area contributed by atoms with E-state index >= 15 is 0 Å². The largest absolute Gasteiger partial charge is 0.493 e. The number of ether oxygens (including phenoxy) is 2. The number of nitrogens with one attached hydrogen (secondary N) is 1. The molecule has 2 rings (SSSR count). The number of rotatable bonds is 11. The van der Waals surface area contributed by atoms with Crippen molar-refractivity contribution < 1.29 is 19.1 Å². The number of hydrogen-bond donors (Lipinski definition) is 1. The summed E-state index contributed by atoms with van der Waals surface area (Å²) in [6.45, 7) is 6.73. The van der Waals surface area contributed by atoms with Gasteiger partial charge in [-0.05, 0) is 54.7 Å². The van der Waals surface area contributed by atoms with Crippen molar-refractivity contribution in [2.75, 3.05) is 20.8 Å². The predicted octanol–water partition coefficient (Wildman–Crippen LogP) is 4.48. The molecule has 0 spiro atoms. The Labute approximate surface area is 195 Å². The van der Waals surface area contributed by atoms with E-state index in [1.165, 1.54) is 0 Å². The second-order valence-electron chi connectivity index (χ2n) is 8.15. The third-order valence-corrected chi connectivity index (χ3v) is 5.45. The highest BCUT2D eigenvalue weighted by Gasteiger charge is 2.26. The van der Waals surface area contributed by atoms with E-state index in [0.29, 0.717) is 41.9 Å². The monoisotopic (exact) mass is 460 g/mol. The van der Waals surface area contributed by atoms with Crippen LogP contribution in [0.1, 0.15) is 38.3 Å². The lowest BCUT2D eigenvalue weighted by atomic mass is 10.1. The Morgan fingerprint density at radius 3 is 2.19 bits per heavy atom. The molecule has 0 aliphatic heterocycles. The molecule has 2 aromatic carbocycles. The number of carbonyl (C=O) groups is 2. The summed E-state index contributed by atoms with van der Waals surface area (Å²) < 4.78 is 10.6. The molecule has 0 aliphatic carbocycles. The van der Waals surface area contributed by atoms with Gasteiger partial charge in [-0.3, -0.25) is 9.59 Å². The molecule has 0 fully saturated rings. The predicted molar refractivity (Wildman–Crippen MR) is 127 cm³/mol. The van der Waals surface area contributed by atoms with Crippen LogP contribution < -0.4 is 14.8 Å². The maximum absolute atomic E-state index is 13.2. The van der Waals surface area contributed by atoms with E-state index in [-0.39, 0.29) is 18.2 Å². The van der Waals surface area contributed by atoms with Crippen molar-refractivity contribution in [1.29, 1.82) is 0 Å². The Kier molecular flexibility index (Phi) is 9.85. The number of hydrogen-bond acceptors (Lipinski definition) is 4. The molecule has 0 saturated carbocycles. The molecule has 2 amide bonds. The summed E-state index contributed by atoms with van der Waals surface area (Å²) in [7, 11) is 3.17. The molecule has 7 heteroatoms. The molecule has 174 valence electrons. The summed E-state index contributed by atoms with van der Waals surface area (Å²) in [4.78, 5) is 27.5. The zero-order valence-corrected chi connectivity index (χ0v) is 20.2. The van der Waals surface area contributed by atoms with Crippen LogP contribution in [-0.4, -0.2) is 43.5 Å². The lowest BCUT2D eigenvalue weighted by Gasteiger charge is -2.29. The van der Waals surface area contributed by atoms with Crippen LogP contribution in [0.25, 0.3) is 0 Å². The van der Waals surface area contributed by atoms with Gasteiger partial charge >= 0.3 is 0 Å². The van der Waals surface area contributed by atoms with E-state index < -0.39 is 6.04 Å². The number of carbonyl (C=O) groups excluding carboxylic acids is 2. The van der Waals surface area contributed by atoms with Crippen LogP contribution in [0.3, 0.4) is 0 Å². The summed E-state index contributed by atoms with van der Waals surface area (Å²) in [6.07, 6.45) is 0.793. The third kappa shape index (κ3) is 7.45. The van der Waals surface area contributed by atoms with Gasteiger partial charge in [0.1, 0.15) is 6.04 Å². The number of methoxy groups -OCH3 is 2. The zero-order chi connectivity index (χ0) is 23.7. The highest BCUT2D eigenvalue weighted by atomic mass is 35.5. The van der Waals surface area contributed by atoms with Crippen molar-refractivity contribution in [3.63, 3.8) is 0 Å². The first kappa shape index (κ1) is 25.5. The first-order chi connectivity index (χ1) is 15.2. The fraction of sp³-hybridized carbons (Fsp3) is 0.440. The van der Waals surface area contributed by atoms with E-state index in [0.717, 1.165) is 11.1 Å². The minimum absolute atomic E-state index is 0.0954. The number of nitrogens with zero attached hydrogens (tertiary/aromatic N) is 1. The van der Waals surface area contributed by atoms with E-state index in [1.54, 1.807) is 38.2 Å². The maximum atomic E-state index is 13.2. The van der Waals surface area contributed by atoms with Crippen LogP contribution in [0.5, 0.6) is 11.5 Å². The van der Waals surface area contributed by atoms with Crippen molar-refractivity contribution in [3.8, 4) is 11.5 Å². The molecule has 0 radical (unpaired) electrons. The molecule has 1 N–H and O–H groups in total. The van der Waals surface area contributed by atoms with Crippen LogP contribution in [0, 0.1) is 5.92 Å². The van der Waals surface area contributed by atoms with E-state index in [1.807, 2.05) is 44.2 Å². The standard InChI is InChI=1S/C25H33ClN2O4/c1-17(2)15-27-25(30)18(3)28(16-20-6-10-21(26)11-7-20)24(29)13-9-19-8-12-22(31-4)23(14-19)32-5/h6-8,10-12,14,17-18H,9,13,15-16H2,1-5H3,(H,27,30). The van der Waals surface area contributed by atoms with Gasteiger partial charge in [0.2, 0.25) is 11.8 Å². The Hall–Kier alpha value is -2.73.